The average Bonchev–Trinajstić information content (AvgIpc) is 2.38. The Morgan fingerprint density at radius 2 is 1.90 bits per heavy atom. The molecule has 3 N–H and O–H groups in total. The average molecular weight is 299 g/mol. The van der Waals surface area contributed by atoms with Gasteiger partial charge in [0.1, 0.15) is 0 Å². The number of anilines is 1. The second-order valence-corrected chi connectivity index (χ2v) is 6.71. The van der Waals surface area contributed by atoms with E-state index in [9.17, 15) is 8.42 Å². The predicted octanol–water partition coefficient (Wildman–Crippen LogP) is 0.911. The number of benzene rings is 1. The number of hydrogen-bond acceptors (Lipinski definition) is 4. The van der Waals surface area contributed by atoms with Gasteiger partial charge in [0.15, 0.2) is 0 Å². The first-order valence-corrected chi connectivity index (χ1v) is 8.07. The molecule has 0 radical (unpaired) electrons. The molecule has 0 aromatic heterocycles. The van der Waals surface area contributed by atoms with Crippen molar-refractivity contribution in [2.45, 2.75) is 32.6 Å². The molecule has 1 saturated heterocycles. The topological polar surface area (TPSA) is 84.7 Å². The zero-order chi connectivity index (χ0) is 14.8. The lowest BCUT2D eigenvalue weighted by molar-refractivity contribution is -0.0439. The van der Waals surface area contributed by atoms with Gasteiger partial charge in [-0.1, -0.05) is 18.2 Å². The molecule has 112 valence electrons. The van der Waals surface area contributed by atoms with Crippen LogP contribution in [-0.2, 0) is 21.5 Å². The molecule has 0 saturated carbocycles. The van der Waals surface area contributed by atoms with Crippen LogP contribution < -0.4 is 10.5 Å². The Balaban J connectivity index is 2.18. The molecule has 20 heavy (non-hydrogen) atoms. The van der Waals surface area contributed by atoms with Crippen LogP contribution >= 0.6 is 0 Å². The fraction of sp³-hybridized carbons (Fsp3) is 0.538. The summed E-state index contributed by atoms with van der Waals surface area (Å²) in [5, 5.41) is 0. The van der Waals surface area contributed by atoms with Gasteiger partial charge in [-0.2, -0.15) is 12.7 Å². The molecule has 1 aromatic rings. The molecule has 6 nitrogen and oxygen atoms in total. The van der Waals surface area contributed by atoms with Gasteiger partial charge in [-0.05, 0) is 25.5 Å². The van der Waals surface area contributed by atoms with Crippen LogP contribution in [-0.4, -0.2) is 38.0 Å². The van der Waals surface area contributed by atoms with Crippen LogP contribution in [0.15, 0.2) is 24.3 Å². The normalized spacial score (nSPS) is 24.6. The maximum absolute atomic E-state index is 12.4. The molecule has 1 heterocycles. The number of nitrogens with one attached hydrogen (secondary N) is 1. The van der Waals surface area contributed by atoms with Gasteiger partial charge in [0.2, 0.25) is 0 Å². The fourth-order valence-electron chi connectivity index (χ4n) is 2.33. The molecule has 1 aliphatic rings. The van der Waals surface area contributed by atoms with Crippen molar-refractivity contribution >= 4 is 15.9 Å². The molecule has 1 aromatic carbocycles. The summed E-state index contributed by atoms with van der Waals surface area (Å²) in [7, 11) is -3.59. The summed E-state index contributed by atoms with van der Waals surface area (Å²) >= 11 is 0. The Hall–Kier alpha value is -1.15. The van der Waals surface area contributed by atoms with Crippen molar-refractivity contribution in [1.29, 1.82) is 0 Å². The van der Waals surface area contributed by atoms with E-state index in [2.05, 4.69) is 4.72 Å². The van der Waals surface area contributed by atoms with Gasteiger partial charge in [-0.25, -0.2) is 0 Å². The molecule has 0 bridgehead atoms. The van der Waals surface area contributed by atoms with Crippen molar-refractivity contribution in [1.82, 2.24) is 4.31 Å². The van der Waals surface area contributed by atoms with Gasteiger partial charge in [-0.15, -0.1) is 0 Å². The van der Waals surface area contributed by atoms with E-state index in [4.69, 9.17) is 10.5 Å². The Morgan fingerprint density at radius 3 is 2.50 bits per heavy atom. The van der Waals surface area contributed by atoms with Crippen LogP contribution in [0.5, 0.6) is 0 Å². The number of nitrogens with zero attached hydrogens (tertiary/aromatic N) is 1. The van der Waals surface area contributed by atoms with Gasteiger partial charge in [0.05, 0.1) is 17.9 Å². The zero-order valence-corrected chi connectivity index (χ0v) is 12.6. The van der Waals surface area contributed by atoms with E-state index in [1.165, 1.54) is 4.31 Å². The first-order valence-electron chi connectivity index (χ1n) is 6.63. The Labute approximate surface area is 120 Å². The zero-order valence-electron chi connectivity index (χ0n) is 11.7. The highest BCUT2D eigenvalue weighted by Crippen LogP contribution is 2.20. The molecule has 1 fully saturated rings. The minimum Gasteiger partial charge on any atom is -0.373 e. The molecular formula is C13H21N3O3S. The second-order valence-electron chi connectivity index (χ2n) is 5.04. The molecule has 2 atom stereocenters. The molecule has 7 heteroatoms. The molecule has 1 aliphatic heterocycles. The van der Waals surface area contributed by atoms with Crippen molar-refractivity contribution < 1.29 is 13.2 Å². The number of rotatable bonds is 4. The van der Waals surface area contributed by atoms with Crippen molar-refractivity contribution in [2.24, 2.45) is 5.73 Å². The lowest BCUT2D eigenvalue weighted by Gasteiger charge is -2.34. The Kier molecular flexibility index (Phi) is 4.64. The van der Waals surface area contributed by atoms with Gasteiger partial charge in [-0.3, -0.25) is 4.72 Å². The van der Waals surface area contributed by atoms with Crippen LogP contribution in [0.3, 0.4) is 0 Å². The summed E-state index contributed by atoms with van der Waals surface area (Å²) in [6.07, 6.45) is -0.222. The molecule has 2 rings (SSSR count). The molecule has 2 unspecified atom stereocenters. The van der Waals surface area contributed by atoms with Gasteiger partial charge in [0, 0.05) is 19.6 Å². The molecular weight excluding hydrogens is 278 g/mol. The third-order valence-corrected chi connectivity index (χ3v) is 4.66. The van der Waals surface area contributed by atoms with E-state index in [0.717, 1.165) is 5.56 Å². The lowest BCUT2D eigenvalue weighted by atomic mass is 10.2. The van der Waals surface area contributed by atoms with E-state index < -0.39 is 10.2 Å². The Bertz CT molecular complexity index is 552. The van der Waals surface area contributed by atoms with Gasteiger partial charge < -0.3 is 10.5 Å². The van der Waals surface area contributed by atoms with E-state index in [1.54, 1.807) is 12.1 Å². The quantitative estimate of drug-likeness (QED) is 0.865. The largest absolute Gasteiger partial charge is 0.373 e. The van der Waals surface area contributed by atoms with Crippen LogP contribution in [0.1, 0.15) is 19.4 Å². The van der Waals surface area contributed by atoms with Crippen molar-refractivity contribution in [3.8, 4) is 0 Å². The number of nitrogens with two attached hydrogens (primary N) is 1. The van der Waals surface area contributed by atoms with Gasteiger partial charge in [0.25, 0.3) is 0 Å². The minimum atomic E-state index is -3.59. The highest BCUT2D eigenvalue weighted by atomic mass is 32.2. The third kappa shape index (κ3) is 3.49. The van der Waals surface area contributed by atoms with Crippen LogP contribution in [0.4, 0.5) is 5.69 Å². The molecule has 0 aliphatic carbocycles. The van der Waals surface area contributed by atoms with Crippen LogP contribution in [0, 0.1) is 0 Å². The maximum atomic E-state index is 12.4. The summed E-state index contributed by atoms with van der Waals surface area (Å²) in [4.78, 5) is 0. The highest BCUT2D eigenvalue weighted by molar-refractivity contribution is 7.90. The van der Waals surface area contributed by atoms with Crippen LogP contribution in [0.2, 0.25) is 0 Å². The fourth-order valence-corrected chi connectivity index (χ4v) is 3.75. The number of para-hydroxylation sites is 1. The van der Waals surface area contributed by atoms with Crippen molar-refractivity contribution in [3.63, 3.8) is 0 Å². The number of morpholine rings is 1. The highest BCUT2D eigenvalue weighted by Gasteiger charge is 2.31. The number of ether oxygens (including phenoxy) is 1. The summed E-state index contributed by atoms with van der Waals surface area (Å²) in [5.41, 5.74) is 6.92. The first kappa shape index (κ1) is 15.2. The molecule has 0 amide bonds. The van der Waals surface area contributed by atoms with E-state index >= 15 is 0 Å². The van der Waals surface area contributed by atoms with Crippen molar-refractivity contribution in [3.05, 3.63) is 29.8 Å². The summed E-state index contributed by atoms with van der Waals surface area (Å²) in [5.74, 6) is 0. The lowest BCUT2D eigenvalue weighted by Crippen LogP contribution is -2.50. The minimum absolute atomic E-state index is 0.111. The smallest absolute Gasteiger partial charge is 0.301 e. The molecule has 0 spiro atoms. The van der Waals surface area contributed by atoms with E-state index in [1.807, 2.05) is 26.0 Å². The van der Waals surface area contributed by atoms with E-state index in [0.29, 0.717) is 18.8 Å². The third-order valence-electron chi connectivity index (χ3n) is 3.20. The summed E-state index contributed by atoms with van der Waals surface area (Å²) < 4.78 is 34.4. The standard InChI is InChI=1S/C13H21N3O3S/c1-10-8-16(9-11(2)19-10)20(17,18)15-13-6-4-3-5-12(13)7-14/h3-6,10-11,15H,7-9,14H2,1-2H3. The summed E-state index contributed by atoms with van der Waals surface area (Å²) in [6.45, 7) is 4.72. The monoisotopic (exact) mass is 299 g/mol. The first-order chi connectivity index (χ1) is 9.42. The van der Waals surface area contributed by atoms with Crippen molar-refractivity contribution in [2.75, 3.05) is 17.8 Å². The SMILES string of the molecule is CC1CN(S(=O)(=O)Nc2ccccc2CN)CC(C)O1. The van der Waals surface area contributed by atoms with Crippen LogP contribution in [0.25, 0.3) is 0 Å². The van der Waals surface area contributed by atoms with E-state index in [-0.39, 0.29) is 18.8 Å². The maximum Gasteiger partial charge on any atom is 0.301 e. The van der Waals surface area contributed by atoms with Gasteiger partial charge >= 0.3 is 10.2 Å². The summed E-state index contributed by atoms with van der Waals surface area (Å²) in [6, 6.07) is 7.13. The predicted molar refractivity (Wildman–Crippen MR) is 78.5 cm³/mol. The Morgan fingerprint density at radius 1 is 1.30 bits per heavy atom. The second kappa shape index (κ2) is 6.09. The number of hydrogen-bond donors (Lipinski definition) is 2.